The van der Waals surface area contributed by atoms with E-state index in [0.717, 1.165) is 37.2 Å². The van der Waals surface area contributed by atoms with E-state index < -0.39 is 5.82 Å². The molecule has 0 aliphatic heterocycles. The van der Waals surface area contributed by atoms with Crippen molar-refractivity contribution in [3.63, 3.8) is 0 Å². The van der Waals surface area contributed by atoms with Crippen molar-refractivity contribution in [2.75, 3.05) is 5.33 Å². The van der Waals surface area contributed by atoms with E-state index in [1.807, 2.05) is 0 Å². The number of nitrogens with one attached hydrogen (secondary N) is 1. The molecule has 0 unspecified atom stereocenters. The van der Waals surface area contributed by atoms with Gasteiger partial charge in [-0.3, -0.25) is 9.78 Å². The molecule has 3 nitrogen and oxygen atoms in total. The molecule has 1 aromatic heterocycles. The molecule has 2 rings (SSSR count). The lowest BCUT2D eigenvalue weighted by molar-refractivity contribution is 0.0885. The van der Waals surface area contributed by atoms with Crippen molar-refractivity contribution in [2.24, 2.45) is 0 Å². The number of aromatic nitrogens is 1. The molecule has 0 aromatic carbocycles. The highest BCUT2D eigenvalue weighted by atomic mass is 79.9. The highest BCUT2D eigenvalue weighted by Gasteiger charge is 2.32. The van der Waals surface area contributed by atoms with E-state index in [1.165, 1.54) is 18.7 Å². The van der Waals surface area contributed by atoms with Gasteiger partial charge < -0.3 is 5.32 Å². The Labute approximate surface area is 114 Å². The Balaban J connectivity index is 2.10. The zero-order valence-electron chi connectivity index (χ0n) is 10.1. The maximum absolute atomic E-state index is 13.0. The van der Waals surface area contributed by atoms with Gasteiger partial charge >= 0.3 is 0 Å². The maximum Gasteiger partial charge on any atom is 0.253 e. The molecule has 1 heterocycles. The summed E-state index contributed by atoms with van der Waals surface area (Å²) >= 11 is 3.48. The predicted octanol–water partition coefficient (Wildman–Crippen LogP) is 3.05. The molecule has 1 N–H and O–H groups in total. The fourth-order valence-corrected chi connectivity index (χ4v) is 3.07. The first kappa shape index (κ1) is 13.5. The second-order valence-corrected chi connectivity index (χ2v) is 5.38. The van der Waals surface area contributed by atoms with Crippen LogP contribution in [-0.4, -0.2) is 21.8 Å². The van der Waals surface area contributed by atoms with Crippen LogP contribution in [0, 0.1) is 5.82 Å². The molecule has 98 valence electrons. The van der Waals surface area contributed by atoms with E-state index in [1.54, 1.807) is 0 Å². The summed E-state index contributed by atoms with van der Waals surface area (Å²) in [4.78, 5) is 15.8. The molecule has 1 aliphatic carbocycles. The van der Waals surface area contributed by atoms with Gasteiger partial charge in [0.1, 0.15) is 5.82 Å². The Hall–Kier alpha value is -0.970. The van der Waals surface area contributed by atoms with Gasteiger partial charge in [0, 0.05) is 11.5 Å². The van der Waals surface area contributed by atoms with Crippen molar-refractivity contribution in [3.8, 4) is 0 Å². The highest BCUT2D eigenvalue weighted by molar-refractivity contribution is 9.09. The average molecular weight is 315 g/mol. The smallest absolute Gasteiger partial charge is 0.253 e. The normalized spacial score (nSPS) is 18.3. The SMILES string of the molecule is O=C(NC1(CBr)CCCCC1)c1cncc(F)c1. The second-order valence-electron chi connectivity index (χ2n) is 4.82. The molecule has 1 fully saturated rings. The van der Waals surface area contributed by atoms with Gasteiger partial charge in [0.2, 0.25) is 0 Å². The third-order valence-electron chi connectivity index (χ3n) is 3.41. The number of carbonyl (C=O) groups is 1. The van der Waals surface area contributed by atoms with E-state index >= 15 is 0 Å². The lowest BCUT2D eigenvalue weighted by Gasteiger charge is -2.36. The van der Waals surface area contributed by atoms with Crippen LogP contribution in [0.15, 0.2) is 18.5 Å². The molecule has 1 aliphatic rings. The van der Waals surface area contributed by atoms with Crippen molar-refractivity contribution in [2.45, 2.75) is 37.6 Å². The Bertz CT molecular complexity index is 433. The molecular formula is C13H16BrFN2O. The first-order valence-electron chi connectivity index (χ1n) is 6.14. The summed E-state index contributed by atoms with van der Waals surface area (Å²) in [5.74, 6) is -0.734. The molecule has 0 spiro atoms. The number of halogens is 2. The molecule has 0 atom stereocenters. The first-order valence-corrected chi connectivity index (χ1v) is 7.26. The molecule has 0 saturated heterocycles. The lowest BCUT2D eigenvalue weighted by Crippen LogP contribution is -2.51. The van der Waals surface area contributed by atoms with Crippen LogP contribution < -0.4 is 5.32 Å². The average Bonchev–Trinajstić information content (AvgIpc) is 2.40. The van der Waals surface area contributed by atoms with E-state index in [4.69, 9.17) is 0 Å². The summed E-state index contributed by atoms with van der Waals surface area (Å²) < 4.78 is 13.0. The summed E-state index contributed by atoms with van der Waals surface area (Å²) in [6.07, 6.45) is 7.87. The van der Waals surface area contributed by atoms with Crippen molar-refractivity contribution in [1.29, 1.82) is 0 Å². The molecule has 5 heteroatoms. The predicted molar refractivity (Wildman–Crippen MR) is 71.3 cm³/mol. The van der Waals surface area contributed by atoms with Crippen LogP contribution in [0.25, 0.3) is 0 Å². The number of hydrogen-bond donors (Lipinski definition) is 1. The minimum Gasteiger partial charge on any atom is -0.346 e. The molecule has 1 saturated carbocycles. The number of hydrogen-bond acceptors (Lipinski definition) is 2. The van der Waals surface area contributed by atoms with Crippen LogP contribution in [0.3, 0.4) is 0 Å². The quantitative estimate of drug-likeness (QED) is 0.871. The second kappa shape index (κ2) is 5.78. The molecule has 1 amide bonds. The minimum absolute atomic E-state index is 0.193. The summed E-state index contributed by atoms with van der Waals surface area (Å²) in [6, 6.07) is 1.22. The Kier molecular flexibility index (Phi) is 4.32. The molecule has 18 heavy (non-hydrogen) atoms. The van der Waals surface area contributed by atoms with Crippen molar-refractivity contribution in [3.05, 3.63) is 29.8 Å². The van der Waals surface area contributed by atoms with E-state index in [0.29, 0.717) is 0 Å². The Morgan fingerprint density at radius 2 is 2.11 bits per heavy atom. The number of pyridine rings is 1. The van der Waals surface area contributed by atoms with E-state index in [9.17, 15) is 9.18 Å². The standard InChI is InChI=1S/C13H16BrFN2O/c14-9-13(4-2-1-3-5-13)17-12(18)10-6-11(15)8-16-7-10/h6-8H,1-5,9H2,(H,17,18). The zero-order chi connectivity index (χ0) is 13.0. The van der Waals surface area contributed by atoms with Gasteiger partial charge in [0.05, 0.1) is 17.3 Å². The fourth-order valence-electron chi connectivity index (χ4n) is 2.37. The molecule has 0 bridgehead atoms. The maximum atomic E-state index is 13.0. The molecule has 1 aromatic rings. The van der Waals surface area contributed by atoms with Crippen LogP contribution >= 0.6 is 15.9 Å². The summed E-state index contributed by atoms with van der Waals surface area (Å²) in [7, 11) is 0. The van der Waals surface area contributed by atoms with Crippen LogP contribution in [-0.2, 0) is 0 Å². The van der Waals surface area contributed by atoms with E-state index in [2.05, 4.69) is 26.2 Å². The third kappa shape index (κ3) is 3.07. The third-order valence-corrected chi connectivity index (χ3v) is 4.49. The van der Waals surface area contributed by atoms with Crippen LogP contribution in [0.1, 0.15) is 42.5 Å². The number of amides is 1. The van der Waals surface area contributed by atoms with Gasteiger partial charge in [-0.25, -0.2) is 4.39 Å². The number of alkyl halides is 1. The van der Waals surface area contributed by atoms with Crippen LogP contribution in [0.5, 0.6) is 0 Å². The van der Waals surface area contributed by atoms with Gasteiger partial charge in [-0.2, -0.15) is 0 Å². The van der Waals surface area contributed by atoms with Crippen LogP contribution in [0.2, 0.25) is 0 Å². The zero-order valence-corrected chi connectivity index (χ0v) is 11.7. The largest absolute Gasteiger partial charge is 0.346 e. The van der Waals surface area contributed by atoms with Gasteiger partial charge in [-0.15, -0.1) is 0 Å². The van der Waals surface area contributed by atoms with Gasteiger partial charge in [-0.05, 0) is 18.9 Å². The Morgan fingerprint density at radius 1 is 1.39 bits per heavy atom. The summed E-state index contributed by atoms with van der Waals surface area (Å²) in [5, 5.41) is 3.76. The van der Waals surface area contributed by atoms with Gasteiger partial charge in [-0.1, -0.05) is 35.2 Å². The number of carbonyl (C=O) groups excluding carboxylic acids is 1. The lowest BCUT2D eigenvalue weighted by atomic mass is 9.83. The molecular weight excluding hydrogens is 299 g/mol. The van der Waals surface area contributed by atoms with Crippen molar-refractivity contribution < 1.29 is 9.18 Å². The highest BCUT2D eigenvalue weighted by Crippen LogP contribution is 2.30. The van der Waals surface area contributed by atoms with Crippen LogP contribution in [0.4, 0.5) is 4.39 Å². The minimum atomic E-state index is -0.487. The monoisotopic (exact) mass is 314 g/mol. The van der Waals surface area contributed by atoms with Gasteiger partial charge in [0.15, 0.2) is 0 Å². The fraction of sp³-hybridized carbons (Fsp3) is 0.538. The summed E-state index contributed by atoms with van der Waals surface area (Å²) in [6.45, 7) is 0. The molecule has 0 radical (unpaired) electrons. The number of rotatable bonds is 3. The van der Waals surface area contributed by atoms with Gasteiger partial charge in [0.25, 0.3) is 5.91 Å². The van der Waals surface area contributed by atoms with Crippen molar-refractivity contribution in [1.82, 2.24) is 10.3 Å². The first-order chi connectivity index (χ1) is 8.65. The number of nitrogens with zero attached hydrogens (tertiary/aromatic N) is 1. The summed E-state index contributed by atoms with van der Waals surface area (Å²) in [5.41, 5.74) is 0.0858. The Morgan fingerprint density at radius 3 is 2.72 bits per heavy atom. The van der Waals surface area contributed by atoms with Crippen molar-refractivity contribution >= 4 is 21.8 Å². The van der Waals surface area contributed by atoms with E-state index in [-0.39, 0.29) is 17.0 Å². The topological polar surface area (TPSA) is 42.0 Å².